The van der Waals surface area contributed by atoms with Crippen LogP contribution < -0.4 is 0 Å². The van der Waals surface area contributed by atoms with E-state index < -0.39 is 0 Å². The molecule has 5 heteroatoms. The van der Waals surface area contributed by atoms with E-state index in [9.17, 15) is 0 Å². The minimum absolute atomic E-state index is 0.423. The summed E-state index contributed by atoms with van der Waals surface area (Å²) < 4.78 is 0. The normalized spacial score (nSPS) is 11.6. The van der Waals surface area contributed by atoms with Gasteiger partial charge in [0, 0.05) is 13.1 Å². The van der Waals surface area contributed by atoms with Crippen molar-refractivity contribution in [2.75, 3.05) is 14.2 Å². The molecule has 0 saturated carbocycles. The van der Waals surface area contributed by atoms with Crippen LogP contribution in [0.25, 0.3) is 5.70 Å². The monoisotopic (exact) mass is 227 g/mol. The highest BCUT2D eigenvalue weighted by Crippen LogP contribution is 2.18. The Morgan fingerprint density at radius 3 is 2.87 bits per heavy atom. The summed E-state index contributed by atoms with van der Waals surface area (Å²) in [6.45, 7) is 2.05. The van der Waals surface area contributed by atoms with E-state index in [1.165, 1.54) is 6.33 Å². The lowest BCUT2D eigenvalue weighted by atomic mass is 10.2. The molecule has 1 heterocycles. The number of halogens is 1. The summed E-state index contributed by atoms with van der Waals surface area (Å²) in [4.78, 5) is 13.1. The molecule has 0 aliphatic heterocycles. The van der Waals surface area contributed by atoms with Crippen LogP contribution in [-0.2, 0) is 4.84 Å². The van der Waals surface area contributed by atoms with E-state index >= 15 is 0 Å². The Kier molecular flexibility index (Phi) is 4.52. The molecule has 0 aliphatic rings. The number of allylic oxidation sites excluding steroid dienone is 1. The molecule has 0 unspecified atom stereocenters. The fraction of sp³-hybridized carbons (Fsp3) is 0.400. The van der Waals surface area contributed by atoms with Gasteiger partial charge in [-0.2, -0.15) is 0 Å². The van der Waals surface area contributed by atoms with E-state index in [4.69, 9.17) is 16.4 Å². The Balaban J connectivity index is 3.05. The van der Waals surface area contributed by atoms with Crippen LogP contribution in [0.3, 0.4) is 0 Å². The third-order valence-electron chi connectivity index (χ3n) is 1.91. The van der Waals surface area contributed by atoms with Crippen molar-refractivity contribution in [3.05, 3.63) is 29.3 Å². The minimum atomic E-state index is 0.423. The molecule has 0 N–H and O–H groups in total. The molecule has 0 atom stereocenters. The van der Waals surface area contributed by atoms with Crippen molar-refractivity contribution in [3.8, 4) is 0 Å². The summed E-state index contributed by atoms with van der Waals surface area (Å²) in [6.07, 6.45) is 4.34. The first kappa shape index (κ1) is 11.9. The molecule has 0 aromatic carbocycles. The van der Waals surface area contributed by atoms with Crippen LogP contribution in [0.1, 0.15) is 19.0 Å². The third-order valence-corrected chi connectivity index (χ3v) is 2.11. The lowest BCUT2D eigenvalue weighted by Crippen LogP contribution is -2.15. The molecular weight excluding hydrogens is 214 g/mol. The number of aromatic nitrogens is 2. The van der Waals surface area contributed by atoms with Gasteiger partial charge in [0.2, 0.25) is 0 Å². The molecule has 0 spiro atoms. The molecular formula is C10H14ClN3O. The van der Waals surface area contributed by atoms with Crippen molar-refractivity contribution in [1.82, 2.24) is 15.0 Å². The molecule has 0 saturated heterocycles. The maximum absolute atomic E-state index is 5.80. The number of nitrogens with zero attached hydrogens (tertiary/aromatic N) is 3. The fourth-order valence-corrected chi connectivity index (χ4v) is 1.31. The number of hydroxylamine groups is 2. The van der Waals surface area contributed by atoms with Gasteiger partial charge in [0.15, 0.2) is 0 Å². The van der Waals surface area contributed by atoms with Crippen LogP contribution in [0.2, 0.25) is 5.15 Å². The Labute approximate surface area is 94.5 Å². The molecule has 15 heavy (non-hydrogen) atoms. The molecule has 0 radical (unpaired) electrons. The van der Waals surface area contributed by atoms with Crippen LogP contribution >= 0.6 is 11.6 Å². The van der Waals surface area contributed by atoms with Crippen LogP contribution in [0.5, 0.6) is 0 Å². The predicted octanol–water partition coefficient (Wildman–Crippen LogP) is 2.37. The molecule has 1 aromatic rings. The summed E-state index contributed by atoms with van der Waals surface area (Å²) in [5, 5.41) is 2.06. The van der Waals surface area contributed by atoms with Gasteiger partial charge in [0.1, 0.15) is 11.5 Å². The second-order valence-corrected chi connectivity index (χ2v) is 3.29. The maximum atomic E-state index is 5.80. The van der Waals surface area contributed by atoms with Crippen molar-refractivity contribution < 1.29 is 4.84 Å². The topological polar surface area (TPSA) is 38.2 Å². The van der Waals surface area contributed by atoms with Gasteiger partial charge in [-0.05, 0) is 6.42 Å². The number of hydrogen-bond donors (Lipinski definition) is 0. The number of hydrogen-bond acceptors (Lipinski definition) is 4. The zero-order valence-corrected chi connectivity index (χ0v) is 9.82. The second-order valence-electron chi connectivity index (χ2n) is 2.90. The first-order valence-electron chi connectivity index (χ1n) is 4.65. The first-order valence-corrected chi connectivity index (χ1v) is 5.02. The van der Waals surface area contributed by atoms with Gasteiger partial charge in [0.05, 0.1) is 18.5 Å². The van der Waals surface area contributed by atoms with Crippen LogP contribution in [-0.4, -0.2) is 29.2 Å². The highest BCUT2D eigenvalue weighted by molar-refractivity contribution is 6.29. The van der Waals surface area contributed by atoms with Gasteiger partial charge in [-0.15, -0.1) is 0 Å². The molecule has 0 amide bonds. The average Bonchev–Trinajstić information content (AvgIpc) is 2.25. The Morgan fingerprint density at radius 1 is 1.60 bits per heavy atom. The smallest absolute Gasteiger partial charge is 0.133 e. The van der Waals surface area contributed by atoms with E-state index in [0.717, 1.165) is 17.8 Å². The molecule has 1 aromatic heterocycles. The quantitative estimate of drug-likeness (QED) is 0.585. The van der Waals surface area contributed by atoms with Crippen molar-refractivity contribution >= 4 is 17.3 Å². The van der Waals surface area contributed by atoms with E-state index in [1.807, 2.05) is 20.0 Å². The molecule has 82 valence electrons. The largest absolute Gasteiger partial charge is 0.277 e. The van der Waals surface area contributed by atoms with E-state index in [2.05, 4.69) is 9.97 Å². The summed E-state index contributed by atoms with van der Waals surface area (Å²) in [5.74, 6) is 0. The molecule has 0 aliphatic carbocycles. The zero-order chi connectivity index (χ0) is 11.3. The fourth-order valence-electron chi connectivity index (χ4n) is 1.16. The maximum Gasteiger partial charge on any atom is 0.133 e. The third kappa shape index (κ3) is 3.18. The van der Waals surface area contributed by atoms with Crippen LogP contribution in [0.4, 0.5) is 0 Å². The van der Waals surface area contributed by atoms with Crippen molar-refractivity contribution in [3.63, 3.8) is 0 Å². The van der Waals surface area contributed by atoms with Gasteiger partial charge >= 0.3 is 0 Å². The van der Waals surface area contributed by atoms with Crippen LogP contribution in [0.15, 0.2) is 18.5 Å². The van der Waals surface area contributed by atoms with E-state index in [1.54, 1.807) is 18.2 Å². The van der Waals surface area contributed by atoms with Crippen LogP contribution in [0, 0.1) is 0 Å². The lowest BCUT2D eigenvalue weighted by molar-refractivity contribution is -0.0531. The summed E-state index contributed by atoms with van der Waals surface area (Å²) in [6, 6.07) is 1.71. The molecule has 0 bridgehead atoms. The van der Waals surface area contributed by atoms with Gasteiger partial charge in [-0.3, -0.25) is 9.90 Å². The highest BCUT2D eigenvalue weighted by atomic mass is 35.5. The van der Waals surface area contributed by atoms with E-state index in [0.29, 0.717) is 5.15 Å². The Hall–Kier alpha value is -1.13. The predicted molar refractivity (Wildman–Crippen MR) is 60.1 cm³/mol. The average molecular weight is 228 g/mol. The SMILES string of the molecule is CCC=C(c1cc(Cl)ncn1)N(C)OC. The lowest BCUT2D eigenvalue weighted by Gasteiger charge is -2.19. The zero-order valence-electron chi connectivity index (χ0n) is 9.07. The van der Waals surface area contributed by atoms with Gasteiger partial charge < -0.3 is 0 Å². The molecule has 1 rings (SSSR count). The summed E-state index contributed by atoms with van der Waals surface area (Å²) >= 11 is 5.80. The van der Waals surface area contributed by atoms with Gasteiger partial charge in [0.25, 0.3) is 0 Å². The number of rotatable bonds is 4. The Morgan fingerprint density at radius 2 is 2.33 bits per heavy atom. The van der Waals surface area contributed by atoms with Crippen molar-refractivity contribution in [2.45, 2.75) is 13.3 Å². The Bertz CT molecular complexity index is 354. The molecule has 4 nitrogen and oxygen atoms in total. The van der Waals surface area contributed by atoms with Crippen molar-refractivity contribution in [1.29, 1.82) is 0 Å². The summed E-state index contributed by atoms with van der Waals surface area (Å²) in [5.41, 5.74) is 1.63. The second kappa shape index (κ2) is 5.68. The first-order chi connectivity index (χ1) is 7.19. The van der Waals surface area contributed by atoms with Gasteiger partial charge in [-0.1, -0.05) is 24.6 Å². The summed E-state index contributed by atoms with van der Waals surface area (Å²) in [7, 11) is 3.42. The van der Waals surface area contributed by atoms with Crippen molar-refractivity contribution in [2.24, 2.45) is 0 Å². The standard InChI is InChI=1S/C10H14ClN3O/c1-4-5-9(14(2)15-3)8-6-10(11)13-7-12-8/h5-7H,4H2,1-3H3. The van der Waals surface area contributed by atoms with Gasteiger partial charge in [-0.25, -0.2) is 9.97 Å². The molecule has 0 fully saturated rings. The highest BCUT2D eigenvalue weighted by Gasteiger charge is 2.08. The van der Waals surface area contributed by atoms with E-state index in [-0.39, 0.29) is 0 Å². The minimum Gasteiger partial charge on any atom is -0.277 e.